The second-order valence-electron chi connectivity index (χ2n) is 4.69. The van der Waals surface area contributed by atoms with E-state index in [0.717, 1.165) is 6.42 Å². The van der Waals surface area contributed by atoms with Crippen LogP contribution in [-0.4, -0.2) is 6.61 Å². The van der Waals surface area contributed by atoms with Crippen LogP contribution in [0.1, 0.15) is 13.3 Å². The van der Waals surface area contributed by atoms with Crippen molar-refractivity contribution in [2.75, 3.05) is 6.61 Å². The first-order valence-corrected chi connectivity index (χ1v) is 7.45. The molecule has 1 aromatic heterocycles. The number of rotatable bonds is 3. The van der Waals surface area contributed by atoms with E-state index in [1.54, 1.807) is 24.3 Å². The van der Waals surface area contributed by atoms with Crippen LogP contribution in [0.25, 0.3) is 21.9 Å². The van der Waals surface area contributed by atoms with Crippen molar-refractivity contribution in [2.24, 2.45) is 0 Å². The van der Waals surface area contributed by atoms with Crippen molar-refractivity contribution >= 4 is 46.2 Å². The molecule has 0 amide bonds. The van der Waals surface area contributed by atoms with E-state index in [2.05, 4.69) is 12.6 Å². The summed E-state index contributed by atoms with van der Waals surface area (Å²) in [6, 6.07) is 8.73. The van der Waals surface area contributed by atoms with Gasteiger partial charge < -0.3 is 9.15 Å². The molecule has 3 rings (SSSR count). The molecule has 0 saturated heterocycles. The summed E-state index contributed by atoms with van der Waals surface area (Å²) in [5.41, 5.74) is 0.766. The lowest BCUT2D eigenvalue weighted by Gasteiger charge is -2.12. The maximum atomic E-state index is 12.7. The summed E-state index contributed by atoms with van der Waals surface area (Å²) in [7, 11) is 0. The van der Waals surface area contributed by atoms with Gasteiger partial charge in [-0.2, -0.15) is 0 Å². The highest BCUT2D eigenvalue weighted by Gasteiger charge is 2.18. The van der Waals surface area contributed by atoms with Gasteiger partial charge in [0.15, 0.2) is 11.3 Å². The fourth-order valence-electron chi connectivity index (χ4n) is 2.24. The summed E-state index contributed by atoms with van der Waals surface area (Å²) in [4.78, 5) is 13.3. The van der Waals surface area contributed by atoms with Crippen LogP contribution in [0.4, 0.5) is 0 Å². The standard InChI is InChI=1S/C16H13ClO3S/c1-2-7-19-15-10(17)8-12(21)16-13(15)14(18)9-5-3-4-6-11(9)20-16/h3-6,8,21H,2,7H2,1H3. The van der Waals surface area contributed by atoms with Crippen LogP contribution in [0.15, 0.2) is 44.4 Å². The Morgan fingerprint density at radius 3 is 2.86 bits per heavy atom. The second-order valence-corrected chi connectivity index (χ2v) is 5.58. The molecular formula is C16H13ClO3S. The van der Waals surface area contributed by atoms with E-state index in [9.17, 15) is 4.79 Å². The Morgan fingerprint density at radius 2 is 2.10 bits per heavy atom. The van der Waals surface area contributed by atoms with Gasteiger partial charge in [0, 0.05) is 4.90 Å². The van der Waals surface area contributed by atoms with Gasteiger partial charge in [0.05, 0.1) is 17.0 Å². The molecule has 0 aliphatic heterocycles. The van der Waals surface area contributed by atoms with Crippen molar-refractivity contribution in [1.82, 2.24) is 0 Å². The quantitative estimate of drug-likeness (QED) is 0.562. The highest BCUT2D eigenvalue weighted by atomic mass is 35.5. The van der Waals surface area contributed by atoms with Crippen LogP contribution < -0.4 is 10.2 Å². The molecule has 108 valence electrons. The number of fused-ring (bicyclic) bond motifs is 2. The molecule has 0 unspecified atom stereocenters. The molecule has 0 fully saturated rings. The summed E-state index contributed by atoms with van der Waals surface area (Å²) in [5, 5.41) is 1.21. The summed E-state index contributed by atoms with van der Waals surface area (Å²) >= 11 is 10.6. The van der Waals surface area contributed by atoms with Crippen LogP contribution in [0.5, 0.6) is 5.75 Å². The number of hydrogen-bond acceptors (Lipinski definition) is 4. The van der Waals surface area contributed by atoms with Gasteiger partial charge in [-0.15, -0.1) is 12.6 Å². The number of hydrogen-bond donors (Lipinski definition) is 1. The number of benzene rings is 2. The predicted octanol–water partition coefficient (Wildman–Crippen LogP) is 4.68. The van der Waals surface area contributed by atoms with Gasteiger partial charge in [-0.1, -0.05) is 30.7 Å². The Balaban J connectivity index is 2.46. The number of halogens is 1. The lowest BCUT2D eigenvalue weighted by atomic mass is 10.1. The highest BCUT2D eigenvalue weighted by molar-refractivity contribution is 7.80. The summed E-state index contributed by atoms with van der Waals surface area (Å²) in [6.07, 6.45) is 0.819. The molecular weight excluding hydrogens is 308 g/mol. The Labute approximate surface area is 131 Å². The van der Waals surface area contributed by atoms with E-state index in [1.165, 1.54) is 0 Å². The van der Waals surface area contributed by atoms with E-state index >= 15 is 0 Å². The first-order valence-electron chi connectivity index (χ1n) is 6.63. The maximum absolute atomic E-state index is 12.7. The molecule has 0 spiro atoms. The van der Waals surface area contributed by atoms with E-state index in [0.29, 0.717) is 44.2 Å². The van der Waals surface area contributed by atoms with Crippen LogP contribution in [0.2, 0.25) is 5.02 Å². The monoisotopic (exact) mass is 320 g/mol. The van der Waals surface area contributed by atoms with Crippen LogP contribution >= 0.6 is 24.2 Å². The fraction of sp³-hybridized carbons (Fsp3) is 0.188. The first-order chi connectivity index (χ1) is 10.1. The normalized spacial score (nSPS) is 11.2. The first kappa shape index (κ1) is 14.3. The number of para-hydroxylation sites is 1. The molecule has 3 aromatic rings. The zero-order valence-corrected chi connectivity index (χ0v) is 13.0. The molecule has 5 heteroatoms. The predicted molar refractivity (Wildman–Crippen MR) is 88.0 cm³/mol. The van der Waals surface area contributed by atoms with Gasteiger partial charge >= 0.3 is 0 Å². The van der Waals surface area contributed by atoms with E-state index in [4.69, 9.17) is 20.8 Å². The smallest absolute Gasteiger partial charge is 0.204 e. The Bertz CT molecular complexity index is 886. The minimum Gasteiger partial charge on any atom is -0.491 e. The fourth-order valence-corrected chi connectivity index (χ4v) is 2.87. The average molecular weight is 321 g/mol. The summed E-state index contributed by atoms with van der Waals surface area (Å²) in [5.74, 6) is 0.366. The molecule has 0 saturated carbocycles. The van der Waals surface area contributed by atoms with Gasteiger partial charge in [0.2, 0.25) is 5.43 Å². The Kier molecular flexibility index (Phi) is 3.83. The summed E-state index contributed by atoms with van der Waals surface area (Å²) in [6.45, 7) is 2.47. The molecule has 1 heterocycles. The molecule has 0 atom stereocenters. The Hall–Kier alpha value is -1.65. The molecule has 0 N–H and O–H groups in total. The molecule has 0 aliphatic carbocycles. The largest absolute Gasteiger partial charge is 0.491 e. The maximum Gasteiger partial charge on any atom is 0.204 e. The third-order valence-corrected chi connectivity index (χ3v) is 3.80. The molecule has 21 heavy (non-hydrogen) atoms. The number of ether oxygens (including phenoxy) is 1. The van der Waals surface area contributed by atoms with Crippen molar-refractivity contribution in [3.8, 4) is 5.75 Å². The third-order valence-electron chi connectivity index (χ3n) is 3.19. The highest BCUT2D eigenvalue weighted by Crippen LogP contribution is 2.37. The van der Waals surface area contributed by atoms with Gasteiger partial charge in [-0.05, 0) is 24.6 Å². The van der Waals surface area contributed by atoms with Crippen LogP contribution in [0, 0.1) is 0 Å². The van der Waals surface area contributed by atoms with Gasteiger partial charge in [0.1, 0.15) is 11.0 Å². The Morgan fingerprint density at radius 1 is 1.33 bits per heavy atom. The van der Waals surface area contributed by atoms with Crippen molar-refractivity contribution in [1.29, 1.82) is 0 Å². The van der Waals surface area contributed by atoms with E-state index in [-0.39, 0.29) is 5.43 Å². The molecule has 3 nitrogen and oxygen atoms in total. The molecule has 0 aliphatic rings. The molecule has 2 aromatic carbocycles. The summed E-state index contributed by atoms with van der Waals surface area (Å²) < 4.78 is 11.5. The van der Waals surface area contributed by atoms with Crippen molar-refractivity contribution in [3.05, 3.63) is 45.6 Å². The number of thiol groups is 1. The SMILES string of the molecule is CCCOc1c(Cl)cc(S)c2oc3ccccc3c(=O)c12. The van der Waals surface area contributed by atoms with E-state index < -0.39 is 0 Å². The lowest BCUT2D eigenvalue weighted by molar-refractivity contribution is 0.321. The zero-order chi connectivity index (χ0) is 15.0. The third kappa shape index (κ3) is 2.39. The minimum atomic E-state index is -0.157. The van der Waals surface area contributed by atoms with Crippen molar-refractivity contribution < 1.29 is 9.15 Å². The van der Waals surface area contributed by atoms with Gasteiger partial charge in [-0.3, -0.25) is 4.79 Å². The average Bonchev–Trinajstić information content (AvgIpc) is 2.48. The van der Waals surface area contributed by atoms with Gasteiger partial charge in [-0.25, -0.2) is 0 Å². The van der Waals surface area contributed by atoms with Crippen LogP contribution in [0.3, 0.4) is 0 Å². The minimum absolute atomic E-state index is 0.157. The zero-order valence-electron chi connectivity index (χ0n) is 11.4. The van der Waals surface area contributed by atoms with Gasteiger partial charge in [0.25, 0.3) is 0 Å². The second kappa shape index (κ2) is 5.62. The van der Waals surface area contributed by atoms with Crippen LogP contribution in [-0.2, 0) is 0 Å². The molecule has 0 radical (unpaired) electrons. The van der Waals surface area contributed by atoms with E-state index in [1.807, 2.05) is 13.0 Å². The van der Waals surface area contributed by atoms with Crippen molar-refractivity contribution in [3.63, 3.8) is 0 Å². The topological polar surface area (TPSA) is 39.4 Å². The van der Waals surface area contributed by atoms with Crippen molar-refractivity contribution in [2.45, 2.75) is 18.2 Å². The lowest BCUT2D eigenvalue weighted by Crippen LogP contribution is -2.06. The molecule has 0 bridgehead atoms.